The molecule has 0 saturated heterocycles. The predicted octanol–water partition coefficient (Wildman–Crippen LogP) is 4.19. The second kappa shape index (κ2) is 12.1. The molecule has 0 aromatic heterocycles. The summed E-state index contributed by atoms with van der Waals surface area (Å²) in [6, 6.07) is 20.1. The second-order valence-corrected chi connectivity index (χ2v) is 10.5. The summed E-state index contributed by atoms with van der Waals surface area (Å²) in [7, 11) is -1.14. The van der Waals surface area contributed by atoms with Crippen molar-refractivity contribution in [3.63, 3.8) is 0 Å². The van der Waals surface area contributed by atoms with E-state index in [0.717, 1.165) is 16.0 Å². The summed E-state index contributed by atoms with van der Waals surface area (Å²) in [6.45, 7) is 1.87. The lowest BCUT2D eigenvalue weighted by molar-refractivity contribution is -0.123. The van der Waals surface area contributed by atoms with Crippen LogP contribution in [0, 0.1) is 0 Å². The molecule has 0 saturated carbocycles. The van der Waals surface area contributed by atoms with Crippen molar-refractivity contribution in [1.29, 1.82) is 0 Å². The molecule has 3 aromatic carbocycles. The van der Waals surface area contributed by atoms with Gasteiger partial charge in [0, 0.05) is 11.0 Å². The van der Waals surface area contributed by atoms with Crippen LogP contribution in [0.5, 0.6) is 11.5 Å². The van der Waals surface area contributed by atoms with E-state index in [9.17, 15) is 13.2 Å². The Hall–Kier alpha value is -3.01. The monoisotopic (exact) mass is 514 g/mol. The molecule has 35 heavy (non-hydrogen) atoms. The lowest BCUT2D eigenvalue weighted by Gasteiger charge is -2.22. The molecule has 1 amide bonds. The van der Waals surface area contributed by atoms with Gasteiger partial charge in [0.1, 0.15) is 6.04 Å². The van der Waals surface area contributed by atoms with E-state index in [1.807, 2.05) is 67.8 Å². The molecule has 0 heterocycles. The van der Waals surface area contributed by atoms with Gasteiger partial charge in [-0.3, -0.25) is 4.79 Å². The van der Waals surface area contributed by atoms with Gasteiger partial charge in [-0.05, 0) is 55.0 Å². The number of rotatable bonds is 11. The van der Waals surface area contributed by atoms with E-state index in [2.05, 4.69) is 10.0 Å². The number of hydrogen-bond donors (Lipinski definition) is 2. The topological polar surface area (TPSA) is 93.7 Å². The molecule has 0 aliphatic heterocycles. The van der Waals surface area contributed by atoms with Gasteiger partial charge in [-0.15, -0.1) is 11.8 Å². The standard InChI is InChI=1S/C26H30N2O5S2/c1-18(20-10-12-21(34-4)13-11-20)27-26(29)23(16-19-8-6-5-7-9-19)28-35(30,31)22-14-15-24(32-2)25(17-22)33-3/h5-15,17-18,23,28H,16H2,1-4H3,(H,27,29)/t18-,23+/m1/s1. The Morgan fingerprint density at radius 1 is 0.943 bits per heavy atom. The molecule has 186 valence electrons. The normalized spacial score (nSPS) is 13.0. The maximum atomic E-state index is 13.3. The third kappa shape index (κ3) is 7.00. The minimum Gasteiger partial charge on any atom is -0.493 e. The molecular formula is C26H30N2O5S2. The Balaban J connectivity index is 1.85. The van der Waals surface area contributed by atoms with Crippen molar-refractivity contribution in [1.82, 2.24) is 10.0 Å². The van der Waals surface area contributed by atoms with Crippen LogP contribution in [0.15, 0.2) is 82.6 Å². The maximum absolute atomic E-state index is 13.3. The van der Waals surface area contributed by atoms with Gasteiger partial charge in [0.05, 0.1) is 25.2 Å². The average molecular weight is 515 g/mol. The second-order valence-electron chi connectivity index (χ2n) is 7.88. The number of thioether (sulfide) groups is 1. The largest absolute Gasteiger partial charge is 0.493 e. The van der Waals surface area contributed by atoms with Gasteiger partial charge in [0.2, 0.25) is 15.9 Å². The number of benzene rings is 3. The highest BCUT2D eigenvalue weighted by Crippen LogP contribution is 2.29. The van der Waals surface area contributed by atoms with E-state index in [1.54, 1.807) is 11.8 Å². The van der Waals surface area contributed by atoms with E-state index in [1.165, 1.54) is 32.4 Å². The number of sulfonamides is 1. The van der Waals surface area contributed by atoms with Gasteiger partial charge < -0.3 is 14.8 Å². The first-order valence-electron chi connectivity index (χ1n) is 11.0. The lowest BCUT2D eigenvalue weighted by atomic mass is 10.0. The van der Waals surface area contributed by atoms with Crippen LogP contribution in [0.4, 0.5) is 0 Å². The van der Waals surface area contributed by atoms with E-state index >= 15 is 0 Å². The van der Waals surface area contributed by atoms with Crippen LogP contribution in [0.25, 0.3) is 0 Å². The smallest absolute Gasteiger partial charge is 0.241 e. The summed E-state index contributed by atoms with van der Waals surface area (Å²) >= 11 is 1.64. The Kier molecular flexibility index (Phi) is 9.20. The van der Waals surface area contributed by atoms with Crippen molar-refractivity contribution in [3.05, 3.63) is 83.9 Å². The summed E-state index contributed by atoms with van der Waals surface area (Å²) in [5.74, 6) is 0.271. The van der Waals surface area contributed by atoms with Crippen LogP contribution >= 0.6 is 11.8 Å². The van der Waals surface area contributed by atoms with Crippen molar-refractivity contribution >= 4 is 27.7 Å². The fourth-order valence-electron chi connectivity index (χ4n) is 3.57. The van der Waals surface area contributed by atoms with Crippen molar-refractivity contribution in [2.45, 2.75) is 35.2 Å². The molecule has 0 radical (unpaired) electrons. The van der Waals surface area contributed by atoms with Gasteiger partial charge >= 0.3 is 0 Å². The lowest BCUT2D eigenvalue weighted by Crippen LogP contribution is -2.48. The Morgan fingerprint density at radius 3 is 2.20 bits per heavy atom. The number of amides is 1. The van der Waals surface area contributed by atoms with Crippen molar-refractivity contribution < 1.29 is 22.7 Å². The summed E-state index contributed by atoms with van der Waals surface area (Å²) in [4.78, 5) is 14.4. The molecule has 3 rings (SSSR count). The highest BCUT2D eigenvalue weighted by atomic mass is 32.2. The molecule has 0 bridgehead atoms. The van der Waals surface area contributed by atoms with E-state index < -0.39 is 22.0 Å². The van der Waals surface area contributed by atoms with Gasteiger partial charge in [-0.2, -0.15) is 4.72 Å². The fraction of sp³-hybridized carbons (Fsp3) is 0.269. The summed E-state index contributed by atoms with van der Waals surface area (Å²) < 4.78 is 39.5. The van der Waals surface area contributed by atoms with Gasteiger partial charge in [0.15, 0.2) is 11.5 Å². The molecule has 3 aromatic rings. The summed E-state index contributed by atoms with van der Waals surface area (Å²) in [6.07, 6.45) is 2.19. The Bertz CT molecular complexity index is 1230. The minimum absolute atomic E-state index is 0.0262. The van der Waals surface area contributed by atoms with Gasteiger partial charge in [-0.25, -0.2) is 8.42 Å². The molecule has 0 fully saturated rings. The van der Waals surface area contributed by atoms with Gasteiger partial charge in [-0.1, -0.05) is 42.5 Å². The fourth-order valence-corrected chi connectivity index (χ4v) is 5.19. The van der Waals surface area contributed by atoms with Crippen LogP contribution in [-0.4, -0.2) is 40.8 Å². The van der Waals surface area contributed by atoms with Crippen molar-refractivity contribution in [2.24, 2.45) is 0 Å². The number of nitrogens with one attached hydrogen (secondary N) is 2. The number of carbonyl (C=O) groups is 1. The number of methoxy groups -OCH3 is 2. The van der Waals surface area contributed by atoms with Crippen LogP contribution in [0.3, 0.4) is 0 Å². The van der Waals surface area contributed by atoms with Crippen LogP contribution in [0.1, 0.15) is 24.1 Å². The van der Waals surface area contributed by atoms with Gasteiger partial charge in [0.25, 0.3) is 0 Å². The SMILES string of the molecule is COc1ccc(S(=O)(=O)N[C@@H](Cc2ccccc2)C(=O)N[C@H](C)c2ccc(SC)cc2)cc1OC. The number of ether oxygens (including phenoxy) is 2. The molecule has 0 unspecified atom stereocenters. The Morgan fingerprint density at radius 2 is 1.60 bits per heavy atom. The third-order valence-corrected chi connectivity index (χ3v) is 7.75. The quantitative estimate of drug-likeness (QED) is 0.373. The first-order chi connectivity index (χ1) is 16.8. The first-order valence-corrected chi connectivity index (χ1v) is 13.7. The average Bonchev–Trinajstić information content (AvgIpc) is 2.88. The minimum atomic E-state index is -4.04. The van der Waals surface area contributed by atoms with E-state index in [0.29, 0.717) is 5.75 Å². The highest BCUT2D eigenvalue weighted by Gasteiger charge is 2.28. The molecule has 9 heteroatoms. The first kappa shape index (κ1) is 26.6. The summed E-state index contributed by atoms with van der Waals surface area (Å²) in [5.41, 5.74) is 1.76. The third-order valence-electron chi connectivity index (χ3n) is 5.54. The van der Waals surface area contributed by atoms with Crippen molar-refractivity contribution in [2.75, 3.05) is 20.5 Å². The molecule has 2 atom stereocenters. The van der Waals surface area contributed by atoms with E-state index in [-0.39, 0.29) is 23.1 Å². The molecular weight excluding hydrogens is 484 g/mol. The number of carbonyl (C=O) groups excluding carboxylic acids is 1. The van der Waals surface area contributed by atoms with E-state index in [4.69, 9.17) is 9.47 Å². The molecule has 0 spiro atoms. The maximum Gasteiger partial charge on any atom is 0.241 e. The highest BCUT2D eigenvalue weighted by molar-refractivity contribution is 7.98. The zero-order valence-electron chi connectivity index (χ0n) is 20.1. The molecule has 2 N–H and O–H groups in total. The summed E-state index contributed by atoms with van der Waals surface area (Å²) in [5, 5.41) is 2.95. The Labute approximate surface area is 211 Å². The van der Waals surface area contributed by atoms with Crippen LogP contribution in [0.2, 0.25) is 0 Å². The van der Waals surface area contributed by atoms with Crippen LogP contribution in [-0.2, 0) is 21.2 Å². The zero-order valence-corrected chi connectivity index (χ0v) is 21.8. The number of hydrogen-bond acceptors (Lipinski definition) is 6. The zero-order chi connectivity index (χ0) is 25.4. The van der Waals surface area contributed by atoms with Crippen molar-refractivity contribution in [3.8, 4) is 11.5 Å². The molecule has 7 nitrogen and oxygen atoms in total. The molecule has 0 aliphatic carbocycles. The predicted molar refractivity (Wildman–Crippen MR) is 139 cm³/mol. The van der Waals surface area contributed by atoms with Crippen LogP contribution < -0.4 is 19.5 Å². The molecule has 0 aliphatic rings.